The Hall–Kier alpha value is -2.63. The van der Waals surface area contributed by atoms with Gasteiger partial charge in [-0.25, -0.2) is 4.98 Å². The summed E-state index contributed by atoms with van der Waals surface area (Å²) in [6.07, 6.45) is 1.60. The molecule has 6 heteroatoms. The number of para-hydroxylation sites is 2. The summed E-state index contributed by atoms with van der Waals surface area (Å²) in [5.74, 6) is 0.569. The molecule has 1 unspecified atom stereocenters. The van der Waals surface area contributed by atoms with Gasteiger partial charge in [-0.2, -0.15) is 5.10 Å². The second-order valence-corrected chi connectivity index (χ2v) is 4.67. The average molecular weight is 269 g/mol. The number of nitrogens with zero attached hydrogens (tertiary/aromatic N) is 3. The Balaban J connectivity index is 1.80. The van der Waals surface area contributed by atoms with E-state index in [1.54, 1.807) is 24.0 Å². The molecular weight excluding hydrogens is 254 g/mol. The molecule has 1 amide bonds. The molecule has 0 aliphatic heterocycles. The first-order valence-corrected chi connectivity index (χ1v) is 6.38. The van der Waals surface area contributed by atoms with Crippen molar-refractivity contribution < 1.29 is 4.79 Å². The van der Waals surface area contributed by atoms with Crippen molar-refractivity contribution in [2.75, 3.05) is 0 Å². The minimum atomic E-state index is -0.204. The van der Waals surface area contributed by atoms with Crippen molar-refractivity contribution in [2.45, 2.75) is 13.0 Å². The van der Waals surface area contributed by atoms with Gasteiger partial charge in [-0.05, 0) is 25.1 Å². The number of hydrogen-bond donors (Lipinski definition) is 2. The number of fused-ring (bicyclic) bond motifs is 1. The monoisotopic (exact) mass is 269 g/mol. The molecule has 0 spiro atoms. The van der Waals surface area contributed by atoms with Gasteiger partial charge in [-0.1, -0.05) is 12.1 Å². The first-order valence-electron chi connectivity index (χ1n) is 6.38. The number of aromatic amines is 1. The van der Waals surface area contributed by atoms with Crippen molar-refractivity contribution in [1.82, 2.24) is 25.1 Å². The van der Waals surface area contributed by atoms with Gasteiger partial charge >= 0.3 is 0 Å². The molecule has 3 rings (SSSR count). The Morgan fingerprint density at radius 2 is 2.15 bits per heavy atom. The fourth-order valence-electron chi connectivity index (χ4n) is 2.11. The van der Waals surface area contributed by atoms with Crippen molar-refractivity contribution in [3.8, 4) is 0 Å². The molecule has 0 fully saturated rings. The third kappa shape index (κ3) is 2.16. The quantitative estimate of drug-likeness (QED) is 0.761. The normalized spacial score (nSPS) is 12.5. The molecular formula is C14H15N5O. The molecule has 102 valence electrons. The number of amides is 1. The highest BCUT2D eigenvalue weighted by Crippen LogP contribution is 2.15. The maximum absolute atomic E-state index is 12.1. The van der Waals surface area contributed by atoms with Gasteiger partial charge in [0.05, 0.1) is 17.1 Å². The van der Waals surface area contributed by atoms with Gasteiger partial charge in [0.25, 0.3) is 5.91 Å². The number of benzene rings is 1. The topological polar surface area (TPSA) is 75.6 Å². The molecule has 2 heterocycles. The highest BCUT2D eigenvalue weighted by atomic mass is 16.2. The number of hydrogen-bond acceptors (Lipinski definition) is 3. The molecule has 0 saturated heterocycles. The van der Waals surface area contributed by atoms with Crippen LogP contribution in [0.5, 0.6) is 0 Å². The van der Waals surface area contributed by atoms with Crippen LogP contribution in [0.25, 0.3) is 11.0 Å². The van der Waals surface area contributed by atoms with Gasteiger partial charge in [0.15, 0.2) is 0 Å². The van der Waals surface area contributed by atoms with Crippen LogP contribution in [0.4, 0.5) is 0 Å². The lowest BCUT2D eigenvalue weighted by atomic mass is 10.3. The van der Waals surface area contributed by atoms with Gasteiger partial charge in [-0.3, -0.25) is 9.48 Å². The molecule has 0 aliphatic rings. The molecule has 0 saturated carbocycles. The van der Waals surface area contributed by atoms with Crippen molar-refractivity contribution in [3.05, 3.63) is 48.0 Å². The third-order valence-electron chi connectivity index (χ3n) is 3.22. The van der Waals surface area contributed by atoms with Gasteiger partial charge in [0, 0.05) is 13.2 Å². The van der Waals surface area contributed by atoms with E-state index in [-0.39, 0.29) is 11.9 Å². The summed E-state index contributed by atoms with van der Waals surface area (Å²) in [5.41, 5.74) is 2.38. The highest BCUT2D eigenvalue weighted by Gasteiger charge is 2.16. The summed E-state index contributed by atoms with van der Waals surface area (Å²) in [4.78, 5) is 19.8. The first kappa shape index (κ1) is 12.4. The maximum Gasteiger partial charge on any atom is 0.270 e. The van der Waals surface area contributed by atoms with E-state index in [4.69, 9.17) is 0 Å². The Morgan fingerprint density at radius 3 is 2.85 bits per heavy atom. The summed E-state index contributed by atoms with van der Waals surface area (Å²) in [7, 11) is 1.74. The lowest BCUT2D eigenvalue weighted by Crippen LogP contribution is -2.29. The zero-order valence-corrected chi connectivity index (χ0v) is 11.3. The lowest BCUT2D eigenvalue weighted by Gasteiger charge is -2.11. The van der Waals surface area contributed by atoms with E-state index in [2.05, 4.69) is 20.4 Å². The van der Waals surface area contributed by atoms with E-state index < -0.39 is 0 Å². The van der Waals surface area contributed by atoms with Crippen LogP contribution >= 0.6 is 0 Å². The Kier molecular flexibility index (Phi) is 2.98. The zero-order chi connectivity index (χ0) is 14.1. The Bertz CT molecular complexity index is 725. The van der Waals surface area contributed by atoms with Crippen LogP contribution in [0.3, 0.4) is 0 Å². The minimum Gasteiger partial charge on any atom is -0.341 e. The molecule has 6 nitrogen and oxygen atoms in total. The number of carbonyl (C=O) groups is 1. The SMILES string of the molecule is CC(NC(=O)c1ccnn1C)c1nc2ccccc2[nH]1. The summed E-state index contributed by atoms with van der Waals surface area (Å²) < 4.78 is 1.54. The van der Waals surface area contributed by atoms with Gasteiger partial charge in [-0.15, -0.1) is 0 Å². The Morgan fingerprint density at radius 1 is 1.35 bits per heavy atom. The number of H-pyrrole nitrogens is 1. The molecule has 0 bridgehead atoms. The van der Waals surface area contributed by atoms with Crippen LogP contribution in [-0.2, 0) is 7.05 Å². The zero-order valence-electron chi connectivity index (χ0n) is 11.3. The molecule has 2 aromatic heterocycles. The number of nitrogens with one attached hydrogen (secondary N) is 2. The molecule has 1 atom stereocenters. The van der Waals surface area contributed by atoms with Gasteiger partial charge in [0.1, 0.15) is 11.5 Å². The van der Waals surface area contributed by atoms with Crippen LogP contribution in [0.2, 0.25) is 0 Å². The highest BCUT2D eigenvalue weighted by molar-refractivity contribution is 5.92. The number of aryl methyl sites for hydroxylation is 1. The predicted molar refractivity (Wildman–Crippen MR) is 75.2 cm³/mol. The summed E-state index contributed by atoms with van der Waals surface area (Å²) >= 11 is 0. The fraction of sp³-hybridized carbons (Fsp3) is 0.214. The standard InChI is InChI=1S/C14H15N5O/c1-9(16-14(20)12-7-8-15-19(12)2)13-17-10-5-3-4-6-11(10)18-13/h3-9H,1-2H3,(H,16,20)(H,17,18). The minimum absolute atomic E-state index is 0.169. The molecule has 0 aliphatic carbocycles. The summed E-state index contributed by atoms with van der Waals surface area (Å²) in [5, 5.41) is 6.89. The maximum atomic E-state index is 12.1. The van der Waals surface area contributed by atoms with E-state index in [0.29, 0.717) is 5.69 Å². The van der Waals surface area contributed by atoms with E-state index >= 15 is 0 Å². The molecule has 20 heavy (non-hydrogen) atoms. The van der Waals surface area contributed by atoms with Crippen LogP contribution < -0.4 is 5.32 Å². The Labute approximate surface area is 115 Å². The smallest absolute Gasteiger partial charge is 0.270 e. The van der Waals surface area contributed by atoms with Gasteiger partial charge in [0.2, 0.25) is 0 Å². The molecule has 0 radical (unpaired) electrons. The van der Waals surface area contributed by atoms with E-state index in [1.165, 1.54) is 0 Å². The largest absolute Gasteiger partial charge is 0.341 e. The van der Waals surface area contributed by atoms with Crippen LogP contribution in [0.15, 0.2) is 36.5 Å². The molecule has 2 N–H and O–H groups in total. The number of imidazole rings is 1. The van der Waals surface area contributed by atoms with E-state index in [1.807, 2.05) is 31.2 Å². The van der Waals surface area contributed by atoms with E-state index in [9.17, 15) is 4.79 Å². The average Bonchev–Trinajstić information content (AvgIpc) is 3.04. The van der Waals surface area contributed by atoms with Crippen molar-refractivity contribution in [3.63, 3.8) is 0 Å². The molecule has 1 aromatic carbocycles. The van der Waals surface area contributed by atoms with Gasteiger partial charge < -0.3 is 10.3 Å². The second kappa shape index (κ2) is 4.80. The van der Waals surface area contributed by atoms with Crippen molar-refractivity contribution in [1.29, 1.82) is 0 Å². The number of rotatable bonds is 3. The third-order valence-corrected chi connectivity index (χ3v) is 3.22. The van der Waals surface area contributed by atoms with Crippen LogP contribution in [-0.4, -0.2) is 25.7 Å². The van der Waals surface area contributed by atoms with Crippen molar-refractivity contribution >= 4 is 16.9 Å². The number of carbonyl (C=O) groups excluding carboxylic acids is 1. The molecule has 3 aromatic rings. The first-order chi connectivity index (χ1) is 9.65. The fourth-order valence-corrected chi connectivity index (χ4v) is 2.11. The summed E-state index contributed by atoms with van der Waals surface area (Å²) in [6, 6.07) is 9.26. The van der Waals surface area contributed by atoms with E-state index in [0.717, 1.165) is 16.9 Å². The summed E-state index contributed by atoms with van der Waals surface area (Å²) in [6.45, 7) is 1.89. The second-order valence-electron chi connectivity index (χ2n) is 4.67. The van der Waals surface area contributed by atoms with Crippen molar-refractivity contribution in [2.24, 2.45) is 7.05 Å². The van der Waals surface area contributed by atoms with Crippen LogP contribution in [0, 0.1) is 0 Å². The lowest BCUT2D eigenvalue weighted by molar-refractivity contribution is 0.0929. The predicted octanol–water partition coefficient (Wildman–Crippen LogP) is 1.79. The van der Waals surface area contributed by atoms with Crippen LogP contribution in [0.1, 0.15) is 29.3 Å². The number of aromatic nitrogens is 4.